The monoisotopic (exact) mass is 255 g/mol. The highest BCUT2D eigenvalue weighted by Gasteiger charge is 2.25. The Hall–Kier alpha value is -1.23. The molecule has 0 bridgehead atoms. The van der Waals surface area contributed by atoms with Crippen molar-refractivity contribution in [1.29, 1.82) is 0 Å². The highest BCUT2D eigenvalue weighted by Crippen LogP contribution is 2.30. The second-order valence-electron chi connectivity index (χ2n) is 4.07. The first-order valence-corrected chi connectivity index (χ1v) is 6.59. The van der Waals surface area contributed by atoms with Gasteiger partial charge in [-0.1, -0.05) is 6.07 Å². The lowest BCUT2D eigenvalue weighted by molar-refractivity contribution is 0.0697. The summed E-state index contributed by atoms with van der Waals surface area (Å²) in [5, 5.41) is 9.08. The molecule has 1 N–H and O–H groups in total. The van der Waals surface area contributed by atoms with Crippen molar-refractivity contribution in [2.45, 2.75) is 12.5 Å². The maximum atomic E-state index is 13.8. The summed E-state index contributed by atoms with van der Waals surface area (Å²) in [6, 6.07) is 4.40. The van der Waals surface area contributed by atoms with Gasteiger partial charge in [-0.2, -0.15) is 11.8 Å². The summed E-state index contributed by atoms with van der Waals surface area (Å²) in [4.78, 5) is 12.9. The van der Waals surface area contributed by atoms with Crippen molar-refractivity contribution in [1.82, 2.24) is 0 Å². The van der Waals surface area contributed by atoms with Gasteiger partial charge < -0.3 is 10.0 Å². The second kappa shape index (κ2) is 4.96. The highest BCUT2D eigenvalue weighted by molar-refractivity contribution is 7.99. The van der Waals surface area contributed by atoms with Crippen LogP contribution < -0.4 is 4.90 Å². The largest absolute Gasteiger partial charge is 0.478 e. The first-order chi connectivity index (χ1) is 8.11. The number of carboxylic acid groups (broad SMARTS) is 1. The number of hydrogen-bond donors (Lipinski definition) is 1. The standard InChI is InChI=1S/C12H14FNO2S/c1-14(8-5-6-17-7-8)11-9(12(15)16)3-2-4-10(11)13/h2-4,8H,5-7H2,1H3,(H,15,16). The Bertz CT molecular complexity index is 433. The number of anilines is 1. The molecule has 1 heterocycles. The lowest BCUT2D eigenvalue weighted by Gasteiger charge is -2.27. The van der Waals surface area contributed by atoms with Gasteiger partial charge in [0.25, 0.3) is 0 Å². The molecular formula is C12H14FNO2S. The third kappa shape index (κ3) is 2.39. The molecule has 1 unspecified atom stereocenters. The van der Waals surface area contributed by atoms with Crippen LogP contribution in [0.1, 0.15) is 16.8 Å². The summed E-state index contributed by atoms with van der Waals surface area (Å²) < 4.78 is 13.8. The van der Waals surface area contributed by atoms with E-state index in [9.17, 15) is 9.18 Å². The van der Waals surface area contributed by atoms with Gasteiger partial charge in [0.05, 0.1) is 11.3 Å². The molecule has 2 rings (SSSR count). The van der Waals surface area contributed by atoms with Crippen molar-refractivity contribution in [3.63, 3.8) is 0 Å². The Balaban J connectivity index is 2.38. The number of nitrogens with zero attached hydrogens (tertiary/aromatic N) is 1. The third-order valence-corrected chi connectivity index (χ3v) is 4.17. The van der Waals surface area contributed by atoms with E-state index in [1.165, 1.54) is 18.2 Å². The summed E-state index contributed by atoms with van der Waals surface area (Å²) in [6.07, 6.45) is 0.967. The third-order valence-electron chi connectivity index (χ3n) is 3.02. The van der Waals surface area contributed by atoms with Gasteiger partial charge in [-0.25, -0.2) is 9.18 Å². The lowest BCUT2D eigenvalue weighted by atomic mass is 10.1. The van der Waals surface area contributed by atoms with Crippen molar-refractivity contribution in [3.05, 3.63) is 29.6 Å². The molecule has 1 aromatic rings. The molecule has 1 aliphatic rings. The van der Waals surface area contributed by atoms with Gasteiger partial charge in [-0.15, -0.1) is 0 Å². The number of halogens is 1. The molecule has 0 amide bonds. The summed E-state index contributed by atoms with van der Waals surface area (Å²) >= 11 is 1.81. The van der Waals surface area contributed by atoms with Crippen LogP contribution in [-0.4, -0.2) is 35.7 Å². The molecule has 0 saturated carbocycles. The molecule has 1 fully saturated rings. The van der Waals surface area contributed by atoms with Crippen LogP contribution in [0.25, 0.3) is 0 Å². The van der Waals surface area contributed by atoms with Crippen LogP contribution in [-0.2, 0) is 0 Å². The first-order valence-electron chi connectivity index (χ1n) is 5.43. The van der Waals surface area contributed by atoms with Crippen LogP contribution >= 0.6 is 11.8 Å². The summed E-state index contributed by atoms with van der Waals surface area (Å²) in [7, 11) is 1.77. The van der Waals surface area contributed by atoms with Crippen molar-refractivity contribution in [2.24, 2.45) is 0 Å². The SMILES string of the molecule is CN(c1c(F)cccc1C(=O)O)C1CCSC1. The Kier molecular flexibility index (Phi) is 3.57. The Labute approximate surface area is 104 Å². The predicted molar refractivity (Wildman–Crippen MR) is 67.5 cm³/mol. The average molecular weight is 255 g/mol. The molecule has 1 aromatic carbocycles. The van der Waals surface area contributed by atoms with Gasteiger partial charge in [-0.05, 0) is 24.3 Å². The fourth-order valence-electron chi connectivity index (χ4n) is 2.06. The van der Waals surface area contributed by atoms with E-state index in [1.54, 1.807) is 11.9 Å². The molecule has 0 aromatic heterocycles. The molecule has 0 radical (unpaired) electrons. The minimum atomic E-state index is -1.09. The number of aromatic carboxylic acids is 1. The van der Waals surface area contributed by atoms with Crippen LogP contribution in [0.2, 0.25) is 0 Å². The summed E-state index contributed by atoms with van der Waals surface area (Å²) in [5.74, 6) is 0.414. The first kappa shape index (κ1) is 12.2. The number of para-hydroxylation sites is 1. The zero-order chi connectivity index (χ0) is 12.4. The fourth-order valence-corrected chi connectivity index (χ4v) is 3.32. The van der Waals surface area contributed by atoms with E-state index >= 15 is 0 Å². The van der Waals surface area contributed by atoms with Gasteiger partial charge in [-0.3, -0.25) is 0 Å². The molecule has 17 heavy (non-hydrogen) atoms. The van der Waals surface area contributed by atoms with Crippen LogP contribution in [0.5, 0.6) is 0 Å². The topological polar surface area (TPSA) is 40.5 Å². The minimum absolute atomic E-state index is 0.0319. The summed E-state index contributed by atoms with van der Waals surface area (Å²) in [6.45, 7) is 0. The van der Waals surface area contributed by atoms with E-state index in [4.69, 9.17) is 5.11 Å². The molecule has 5 heteroatoms. The lowest BCUT2D eigenvalue weighted by Crippen LogP contribution is -2.33. The molecule has 1 atom stereocenters. The van der Waals surface area contributed by atoms with Crippen molar-refractivity contribution < 1.29 is 14.3 Å². The van der Waals surface area contributed by atoms with E-state index < -0.39 is 11.8 Å². The molecular weight excluding hydrogens is 241 g/mol. The van der Waals surface area contributed by atoms with Crippen molar-refractivity contribution in [3.8, 4) is 0 Å². The molecule has 0 aliphatic carbocycles. The van der Waals surface area contributed by atoms with Gasteiger partial charge in [0.15, 0.2) is 0 Å². The number of carbonyl (C=O) groups is 1. The summed E-state index contributed by atoms with van der Waals surface area (Å²) in [5.41, 5.74) is 0.233. The number of thioether (sulfide) groups is 1. The molecule has 92 valence electrons. The minimum Gasteiger partial charge on any atom is -0.478 e. The van der Waals surface area contributed by atoms with Crippen LogP contribution in [0.15, 0.2) is 18.2 Å². The quantitative estimate of drug-likeness (QED) is 0.900. The van der Waals surface area contributed by atoms with Crippen LogP contribution in [0.4, 0.5) is 10.1 Å². The zero-order valence-corrected chi connectivity index (χ0v) is 10.3. The predicted octanol–water partition coefficient (Wildman–Crippen LogP) is 2.47. The number of hydrogen-bond acceptors (Lipinski definition) is 3. The van der Waals surface area contributed by atoms with Crippen LogP contribution in [0, 0.1) is 5.82 Å². The van der Waals surface area contributed by atoms with E-state index in [-0.39, 0.29) is 17.3 Å². The Morgan fingerprint density at radius 3 is 2.94 bits per heavy atom. The molecule has 1 aliphatic heterocycles. The molecule has 0 spiro atoms. The van der Waals surface area contributed by atoms with E-state index in [0.717, 1.165) is 17.9 Å². The highest BCUT2D eigenvalue weighted by atomic mass is 32.2. The Morgan fingerprint density at radius 2 is 2.35 bits per heavy atom. The van der Waals surface area contributed by atoms with Gasteiger partial charge in [0.1, 0.15) is 5.82 Å². The number of carboxylic acids is 1. The smallest absolute Gasteiger partial charge is 0.337 e. The number of rotatable bonds is 3. The fraction of sp³-hybridized carbons (Fsp3) is 0.417. The zero-order valence-electron chi connectivity index (χ0n) is 9.52. The van der Waals surface area contributed by atoms with E-state index in [2.05, 4.69) is 0 Å². The van der Waals surface area contributed by atoms with Gasteiger partial charge in [0, 0.05) is 18.8 Å². The average Bonchev–Trinajstić information content (AvgIpc) is 2.81. The van der Waals surface area contributed by atoms with Crippen molar-refractivity contribution >= 4 is 23.4 Å². The van der Waals surface area contributed by atoms with Gasteiger partial charge in [0.2, 0.25) is 0 Å². The molecule has 3 nitrogen and oxygen atoms in total. The maximum Gasteiger partial charge on any atom is 0.337 e. The van der Waals surface area contributed by atoms with E-state index in [1.807, 2.05) is 11.8 Å². The Morgan fingerprint density at radius 1 is 1.59 bits per heavy atom. The van der Waals surface area contributed by atoms with Crippen molar-refractivity contribution in [2.75, 3.05) is 23.5 Å². The number of benzene rings is 1. The van der Waals surface area contributed by atoms with Gasteiger partial charge >= 0.3 is 5.97 Å². The normalized spacial score (nSPS) is 19.3. The van der Waals surface area contributed by atoms with Crippen LogP contribution in [0.3, 0.4) is 0 Å². The van der Waals surface area contributed by atoms with E-state index in [0.29, 0.717) is 0 Å². The second-order valence-corrected chi connectivity index (χ2v) is 5.22. The maximum absolute atomic E-state index is 13.8. The molecule has 1 saturated heterocycles.